The van der Waals surface area contributed by atoms with Crippen molar-refractivity contribution in [3.05, 3.63) is 77.0 Å². The average molecular weight is 347 g/mol. The van der Waals surface area contributed by atoms with Crippen LogP contribution >= 0.6 is 0 Å². The molecule has 26 heavy (non-hydrogen) atoms. The molecule has 0 saturated carbocycles. The molecule has 2 heterocycles. The summed E-state index contributed by atoms with van der Waals surface area (Å²) >= 11 is 0. The molecule has 1 aromatic heterocycles. The first-order chi connectivity index (χ1) is 12.7. The van der Waals surface area contributed by atoms with Crippen LogP contribution in [0.3, 0.4) is 0 Å². The molecule has 0 saturated heterocycles. The fourth-order valence-corrected chi connectivity index (χ4v) is 3.52. The maximum absolute atomic E-state index is 12.1. The number of rotatable bonds is 5. The summed E-state index contributed by atoms with van der Waals surface area (Å²) in [6, 6.07) is 18.2. The highest BCUT2D eigenvalue weighted by Gasteiger charge is 2.32. The molecule has 2 aromatic carbocycles. The van der Waals surface area contributed by atoms with Gasteiger partial charge in [0.2, 0.25) is 5.91 Å². The van der Waals surface area contributed by atoms with Crippen LogP contribution in [-0.4, -0.2) is 22.7 Å². The zero-order valence-corrected chi connectivity index (χ0v) is 14.7. The second-order valence-corrected chi connectivity index (χ2v) is 6.54. The Balaban J connectivity index is 1.58. The number of aromatic amines is 1. The molecule has 0 bridgehead atoms. The Bertz CT molecular complexity index is 918. The molecule has 0 unspecified atom stereocenters. The lowest BCUT2D eigenvalue weighted by molar-refractivity contribution is -0.116. The van der Waals surface area contributed by atoms with Gasteiger partial charge >= 0.3 is 0 Å². The third kappa shape index (κ3) is 3.20. The van der Waals surface area contributed by atoms with Crippen LogP contribution in [0, 0.1) is 6.92 Å². The van der Waals surface area contributed by atoms with E-state index in [-0.39, 0.29) is 11.8 Å². The number of ether oxygens (including phenoxy) is 1. The summed E-state index contributed by atoms with van der Waals surface area (Å²) in [5, 5.41) is 10.0. The second-order valence-electron chi connectivity index (χ2n) is 6.54. The van der Waals surface area contributed by atoms with Crippen LogP contribution in [0.4, 0.5) is 5.82 Å². The highest BCUT2D eigenvalue weighted by Crippen LogP contribution is 2.41. The number of anilines is 1. The first-order valence-corrected chi connectivity index (χ1v) is 8.82. The number of amides is 1. The number of benzene rings is 2. The van der Waals surface area contributed by atoms with Gasteiger partial charge in [-0.3, -0.25) is 9.89 Å². The van der Waals surface area contributed by atoms with Crippen LogP contribution in [0.5, 0.6) is 5.75 Å². The summed E-state index contributed by atoms with van der Waals surface area (Å²) in [6.45, 7) is 2.58. The predicted octanol–water partition coefficient (Wildman–Crippen LogP) is 3.81. The molecule has 0 fully saturated rings. The largest absolute Gasteiger partial charge is 0.493 e. The van der Waals surface area contributed by atoms with Gasteiger partial charge in [0.15, 0.2) is 5.82 Å². The zero-order valence-electron chi connectivity index (χ0n) is 14.7. The lowest BCUT2D eigenvalue weighted by Gasteiger charge is -2.24. The van der Waals surface area contributed by atoms with E-state index in [1.807, 2.05) is 49.4 Å². The second kappa shape index (κ2) is 7.04. The first-order valence-electron chi connectivity index (χ1n) is 8.82. The van der Waals surface area contributed by atoms with Crippen LogP contribution in [0.1, 0.15) is 34.7 Å². The number of H-pyrrole nitrogens is 1. The van der Waals surface area contributed by atoms with Gasteiger partial charge in [0.05, 0.1) is 6.61 Å². The van der Waals surface area contributed by atoms with E-state index in [1.165, 1.54) is 5.56 Å². The van der Waals surface area contributed by atoms with Gasteiger partial charge in [-0.05, 0) is 18.6 Å². The highest BCUT2D eigenvalue weighted by atomic mass is 16.5. The lowest BCUT2D eigenvalue weighted by Crippen LogP contribution is -2.24. The predicted molar refractivity (Wildman–Crippen MR) is 100 cm³/mol. The molecule has 0 spiro atoms. The van der Waals surface area contributed by atoms with Crippen LogP contribution in [0.25, 0.3) is 0 Å². The quantitative estimate of drug-likeness (QED) is 0.737. The van der Waals surface area contributed by atoms with E-state index in [9.17, 15) is 4.79 Å². The smallest absolute Gasteiger partial charge is 0.226 e. The van der Waals surface area contributed by atoms with E-state index < -0.39 is 0 Å². The number of hydrogen-bond acceptors (Lipinski definition) is 3. The summed E-state index contributed by atoms with van der Waals surface area (Å²) < 4.78 is 6.10. The summed E-state index contributed by atoms with van der Waals surface area (Å²) in [4.78, 5) is 12.1. The molecule has 0 radical (unpaired) electrons. The maximum Gasteiger partial charge on any atom is 0.226 e. The van der Waals surface area contributed by atoms with Gasteiger partial charge in [-0.2, -0.15) is 5.10 Å². The van der Waals surface area contributed by atoms with Crippen molar-refractivity contribution in [2.75, 3.05) is 11.9 Å². The molecular formula is C21H21N3O2. The monoisotopic (exact) mass is 347 g/mol. The van der Waals surface area contributed by atoms with Gasteiger partial charge in [0.1, 0.15) is 5.75 Å². The standard InChI is InChI=1S/C21H21N3O2/c1-14-20-17(13-19(25)22-21(20)24-23-14)16-9-5-6-10-18(16)26-12-11-15-7-3-2-4-8-15/h2-10,17H,11-13H2,1H3,(H2,22,23,24,25)/t17-/m1/s1. The summed E-state index contributed by atoms with van der Waals surface area (Å²) in [5.74, 6) is 1.39. The number of hydrogen-bond donors (Lipinski definition) is 2. The third-order valence-electron chi connectivity index (χ3n) is 4.78. The number of nitrogens with one attached hydrogen (secondary N) is 2. The van der Waals surface area contributed by atoms with Gasteiger partial charge < -0.3 is 10.1 Å². The Kier molecular flexibility index (Phi) is 4.44. The first kappa shape index (κ1) is 16.4. The number of nitrogens with zero attached hydrogens (tertiary/aromatic N) is 1. The Morgan fingerprint density at radius 1 is 1.12 bits per heavy atom. The van der Waals surface area contributed by atoms with E-state index in [2.05, 4.69) is 27.6 Å². The molecule has 5 heteroatoms. The van der Waals surface area contributed by atoms with Crippen molar-refractivity contribution >= 4 is 11.7 Å². The molecular weight excluding hydrogens is 326 g/mol. The van der Waals surface area contributed by atoms with Crippen molar-refractivity contribution in [2.24, 2.45) is 0 Å². The summed E-state index contributed by atoms with van der Waals surface area (Å²) in [6.07, 6.45) is 1.24. The molecule has 4 rings (SSSR count). The topological polar surface area (TPSA) is 67.0 Å². The Labute approximate surface area is 152 Å². The molecule has 3 aromatic rings. The Hall–Kier alpha value is -3.08. The minimum Gasteiger partial charge on any atom is -0.493 e. The molecule has 1 atom stereocenters. The fraction of sp³-hybridized carbons (Fsp3) is 0.238. The number of aromatic nitrogens is 2. The number of carbonyl (C=O) groups excluding carboxylic acids is 1. The molecule has 132 valence electrons. The molecule has 1 aliphatic rings. The molecule has 2 N–H and O–H groups in total. The van der Waals surface area contributed by atoms with Gasteiger partial charge in [0, 0.05) is 35.6 Å². The molecule has 1 amide bonds. The van der Waals surface area contributed by atoms with Crippen molar-refractivity contribution in [1.29, 1.82) is 0 Å². The molecule has 5 nitrogen and oxygen atoms in total. The summed E-state index contributed by atoms with van der Waals surface area (Å²) in [5.41, 5.74) is 4.30. The number of fused-ring (bicyclic) bond motifs is 1. The van der Waals surface area contributed by atoms with E-state index >= 15 is 0 Å². The summed E-state index contributed by atoms with van der Waals surface area (Å²) in [7, 11) is 0. The van der Waals surface area contributed by atoms with E-state index in [4.69, 9.17) is 4.74 Å². The number of aryl methyl sites for hydroxylation is 1. The van der Waals surface area contributed by atoms with E-state index in [0.717, 1.165) is 29.0 Å². The highest BCUT2D eigenvalue weighted by molar-refractivity contribution is 5.94. The maximum atomic E-state index is 12.1. The van der Waals surface area contributed by atoms with E-state index in [0.29, 0.717) is 18.8 Å². The minimum absolute atomic E-state index is 0.0203. The van der Waals surface area contributed by atoms with Gasteiger partial charge in [-0.1, -0.05) is 48.5 Å². The van der Waals surface area contributed by atoms with Crippen molar-refractivity contribution in [2.45, 2.75) is 25.7 Å². The van der Waals surface area contributed by atoms with Gasteiger partial charge in [0.25, 0.3) is 0 Å². The number of carbonyl (C=O) groups is 1. The third-order valence-corrected chi connectivity index (χ3v) is 4.78. The Morgan fingerprint density at radius 2 is 1.88 bits per heavy atom. The van der Waals surface area contributed by atoms with Crippen molar-refractivity contribution < 1.29 is 9.53 Å². The van der Waals surface area contributed by atoms with Crippen molar-refractivity contribution in [3.8, 4) is 5.75 Å². The van der Waals surface area contributed by atoms with Crippen LogP contribution < -0.4 is 10.1 Å². The van der Waals surface area contributed by atoms with E-state index in [1.54, 1.807) is 0 Å². The van der Waals surface area contributed by atoms with Crippen molar-refractivity contribution in [1.82, 2.24) is 10.2 Å². The number of para-hydroxylation sites is 1. The minimum atomic E-state index is -0.0505. The van der Waals surface area contributed by atoms with Gasteiger partial charge in [-0.15, -0.1) is 0 Å². The zero-order chi connectivity index (χ0) is 17.9. The lowest BCUT2D eigenvalue weighted by atomic mass is 9.85. The van der Waals surface area contributed by atoms with Gasteiger partial charge in [-0.25, -0.2) is 0 Å². The SMILES string of the molecule is Cc1[nH]nc2c1[C@@H](c1ccccc1OCCc1ccccc1)CC(=O)N2. The molecule has 0 aliphatic carbocycles. The van der Waals surface area contributed by atoms with Crippen LogP contribution in [-0.2, 0) is 11.2 Å². The Morgan fingerprint density at radius 3 is 2.73 bits per heavy atom. The van der Waals surface area contributed by atoms with Crippen LogP contribution in [0.2, 0.25) is 0 Å². The normalized spacial score (nSPS) is 16.0. The molecule has 1 aliphatic heterocycles. The van der Waals surface area contributed by atoms with Crippen molar-refractivity contribution in [3.63, 3.8) is 0 Å². The average Bonchev–Trinajstić information content (AvgIpc) is 3.03. The van der Waals surface area contributed by atoms with Crippen LogP contribution in [0.15, 0.2) is 54.6 Å². The fourth-order valence-electron chi connectivity index (χ4n) is 3.52.